The first-order chi connectivity index (χ1) is 8.72. The maximum Gasteiger partial charge on any atom is 0.128 e. The Morgan fingerprint density at radius 3 is 2.94 bits per heavy atom. The number of fused-ring (bicyclic) bond motifs is 1. The largest absolute Gasteiger partial charge is 0.493 e. The van der Waals surface area contributed by atoms with E-state index in [1.54, 1.807) is 6.20 Å². The predicted molar refractivity (Wildman–Crippen MR) is 75.7 cm³/mol. The van der Waals surface area contributed by atoms with Gasteiger partial charge in [-0.3, -0.25) is 4.98 Å². The Kier molecular flexibility index (Phi) is 4.03. The van der Waals surface area contributed by atoms with E-state index in [2.05, 4.69) is 18.8 Å². The first kappa shape index (κ1) is 12.7. The SMILES string of the molecule is CCCC(C)COc1ccc(N)c2ncccc12. The van der Waals surface area contributed by atoms with Crippen LogP contribution in [-0.2, 0) is 0 Å². The maximum absolute atomic E-state index is 5.91. The van der Waals surface area contributed by atoms with Crippen LogP contribution in [0.2, 0.25) is 0 Å². The van der Waals surface area contributed by atoms with Crippen molar-refractivity contribution in [3.63, 3.8) is 0 Å². The third kappa shape index (κ3) is 2.73. The van der Waals surface area contributed by atoms with Gasteiger partial charge in [-0.1, -0.05) is 20.3 Å². The van der Waals surface area contributed by atoms with Crippen LogP contribution in [0.3, 0.4) is 0 Å². The summed E-state index contributed by atoms with van der Waals surface area (Å²) in [5.41, 5.74) is 7.42. The highest BCUT2D eigenvalue weighted by molar-refractivity contribution is 5.93. The highest BCUT2D eigenvalue weighted by atomic mass is 16.5. The molecule has 1 atom stereocenters. The Morgan fingerprint density at radius 1 is 1.33 bits per heavy atom. The molecule has 96 valence electrons. The van der Waals surface area contributed by atoms with Crippen LogP contribution in [0.5, 0.6) is 5.75 Å². The van der Waals surface area contributed by atoms with E-state index < -0.39 is 0 Å². The standard InChI is InChI=1S/C15H20N2O/c1-3-5-11(2)10-18-14-8-7-13(16)15-12(14)6-4-9-17-15/h4,6-9,11H,3,5,10,16H2,1-2H3. The summed E-state index contributed by atoms with van der Waals surface area (Å²) < 4.78 is 5.89. The summed E-state index contributed by atoms with van der Waals surface area (Å²) in [6, 6.07) is 7.69. The molecule has 0 saturated carbocycles. The van der Waals surface area contributed by atoms with Crippen LogP contribution >= 0.6 is 0 Å². The first-order valence-electron chi connectivity index (χ1n) is 6.48. The number of benzene rings is 1. The van der Waals surface area contributed by atoms with E-state index in [1.165, 1.54) is 12.8 Å². The number of hydrogen-bond donors (Lipinski definition) is 1. The number of anilines is 1. The van der Waals surface area contributed by atoms with Crippen LogP contribution in [0.25, 0.3) is 10.9 Å². The van der Waals surface area contributed by atoms with Gasteiger partial charge in [0.1, 0.15) is 5.75 Å². The molecule has 1 aromatic carbocycles. The molecule has 3 heteroatoms. The van der Waals surface area contributed by atoms with Gasteiger partial charge in [-0.2, -0.15) is 0 Å². The zero-order valence-corrected chi connectivity index (χ0v) is 11.0. The summed E-state index contributed by atoms with van der Waals surface area (Å²) in [5.74, 6) is 1.44. The molecule has 0 amide bonds. The molecule has 0 bridgehead atoms. The Bertz CT molecular complexity index is 525. The van der Waals surface area contributed by atoms with Gasteiger partial charge in [0.05, 0.1) is 17.8 Å². The van der Waals surface area contributed by atoms with Crippen molar-refractivity contribution in [3.8, 4) is 5.75 Å². The lowest BCUT2D eigenvalue weighted by molar-refractivity contribution is 0.254. The van der Waals surface area contributed by atoms with Gasteiger partial charge in [0, 0.05) is 11.6 Å². The second-order valence-corrected chi connectivity index (χ2v) is 4.76. The minimum Gasteiger partial charge on any atom is -0.493 e. The number of nitrogens with zero attached hydrogens (tertiary/aromatic N) is 1. The van der Waals surface area contributed by atoms with E-state index in [9.17, 15) is 0 Å². The number of hydrogen-bond acceptors (Lipinski definition) is 3. The van der Waals surface area contributed by atoms with E-state index in [4.69, 9.17) is 10.5 Å². The second kappa shape index (κ2) is 5.71. The fourth-order valence-corrected chi connectivity index (χ4v) is 2.10. The van der Waals surface area contributed by atoms with Gasteiger partial charge in [0.15, 0.2) is 0 Å². The zero-order valence-electron chi connectivity index (χ0n) is 11.0. The number of rotatable bonds is 5. The van der Waals surface area contributed by atoms with Crippen LogP contribution in [0, 0.1) is 5.92 Å². The van der Waals surface area contributed by atoms with E-state index in [1.807, 2.05) is 24.3 Å². The molecule has 0 saturated heterocycles. The molecule has 2 N–H and O–H groups in total. The number of ether oxygens (including phenoxy) is 1. The maximum atomic E-state index is 5.91. The third-order valence-electron chi connectivity index (χ3n) is 3.07. The average molecular weight is 244 g/mol. The number of aromatic nitrogens is 1. The van der Waals surface area contributed by atoms with Gasteiger partial charge in [-0.05, 0) is 36.6 Å². The highest BCUT2D eigenvalue weighted by Crippen LogP contribution is 2.28. The summed E-state index contributed by atoms with van der Waals surface area (Å²) in [5, 5.41) is 0.987. The van der Waals surface area contributed by atoms with Crippen molar-refractivity contribution >= 4 is 16.6 Å². The summed E-state index contributed by atoms with van der Waals surface area (Å²) in [7, 11) is 0. The molecule has 18 heavy (non-hydrogen) atoms. The summed E-state index contributed by atoms with van der Waals surface area (Å²) >= 11 is 0. The zero-order chi connectivity index (χ0) is 13.0. The second-order valence-electron chi connectivity index (χ2n) is 4.76. The first-order valence-corrected chi connectivity index (χ1v) is 6.48. The van der Waals surface area contributed by atoms with Crippen LogP contribution < -0.4 is 10.5 Å². The van der Waals surface area contributed by atoms with Crippen LogP contribution in [0.1, 0.15) is 26.7 Å². The number of pyridine rings is 1. The molecule has 1 unspecified atom stereocenters. The van der Waals surface area contributed by atoms with Crippen LogP contribution in [0.4, 0.5) is 5.69 Å². The molecule has 0 fully saturated rings. The summed E-state index contributed by atoms with van der Waals surface area (Å²) in [6.45, 7) is 5.14. The number of nitrogens with two attached hydrogens (primary N) is 1. The normalized spacial score (nSPS) is 12.6. The molecule has 3 nitrogen and oxygen atoms in total. The lowest BCUT2D eigenvalue weighted by Gasteiger charge is -2.14. The molecule has 0 aliphatic carbocycles. The Balaban J connectivity index is 2.21. The van der Waals surface area contributed by atoms with E-state index in [0.29, 0.717) is 11.6 Å². The highest BCUT2D eigenvalue weighted by Gasteiger charge is 2.07. The van der Waals surface area contributed by atoms with Crippen LogP contribution in [0.15, 0.2) is 30.5 Å². The van der Waals surface area contributed by atoms with Crippen molar-refractivity contribution < 1.29 is 4.74 Å². The minimum absolute atomic E-state index is 0.569. The Morgan fingerprint density at radius 2 is 2.17 bits per heavy atom. The van der Waals surface area contributed by atoms with Gasteiger partial charge in [-0.25, -0.2) is 0 Å². The molecular weight excluding hydrogens is 224 g/mol. The van der Waals surface area contributed by atoms with Gasteiger partial charge in [0.25, 0.3) is 0 Å². The third-order valence-corrected chi connectivity index (χ3v) is 3.07. The molecular formula is C15H20N2O. The topological polar surface area (TPSA) is 48.1 Å². The van der Waals surface area contributed by atoms with Gasteiger partial charge in [0.2, 0.25) is 0 Å². The van der Waals surface area contributed by atoms with Crippen molar-refractivity contribution in [1.29, 1.82) is 0 Å². The molecule has 0 spiro atoms. The lowest BCUT2D eigenvalue weighted by Crippen LogP contribution is -2.08. The van der Waals surface area contributed by atoms with Crippen LogP contribution in [-0.4, -0.2) is 11.6 Å². The molecule has 2 aromatic rings. The van der Waals surface area contributed by atoms with Crippen molar-refractivity contribution in [2.24, 2.45) is 5.92 Å². The van der Waals surface area contributed by atoms with Crippen molar-refractivity contribution in [3.05, 3.63) is 30.5 Å². The average Bonchev–Trinajstić information content (AvgIpc) is 2.39. The molecule has 1 heterocycles. The monoisotopic (exact) mass is 244 g/mol. The minimum atomic E-state index is 0.569. The van der Waals surface area contributed by atoms with Gasteiger partial charge < -0.3 is 10.5 Å². The molecule has 0 aliphatic rings. The fourth-order valence-electron chi connectivity index (χ4n) is 2.10. The molecule has 0 radical (unpaired) electrons. The Labute approximate surface area is 108 Å². The van der Waals surface area contributed by atoms with E-state index >= 15 is 0 Å². The van der Waals surface area contributed by atoms with Gasteiger partial charge in [-0.15, -0.1) is 0 Å². The molecule has 0 aliphatic heterocycles. The Hall–Kier alpha value is -1.77. The summed E-state index contributed by atoms with van der Waals surface area (Å²) in [4.78, 5) is 4.30. The molecule has 2 rings (SSSR count). The van der Waals surface area contributed by atoms with E-state index in [-0.39, 0.29) is 0 Å². The molecule has 1 aromatic heterocycles. The quantitative estimate of drug-likeness (QED) is 0.817. The smallest absolute Gasteiger partial charge is 0.128 e. The predicted octanol–water partition coefficient (Wildman–Crippen LogP) is 3.63. The van der Waals surface area contributed by atoms with E-state index in [0.717, 1.165) is 23.3 Å². The van der Waals surface area contributed by atoms with Crippen molar-refractivity contribution in [2.45, 2.75) is 26.7 Å². The lowest BCUT2D eigenvalue weighted by atomic mass is 10.1. The fraction of sp³-hybridized carbons (Fsp3) is 0.400. The van der Waals surface area contributed by atoms with Crippen molar-refractivity contribution in [1.82, 2.24) is 4.98 Å². The van der Waals surface area contributed by atoms with Gasteiger partial charge >= 0.3 is 0 Å². The van der Waals surface area contributed by atoms with Crippen molar-refractivity contribution in [2.75, 3.05) is 12.3 Å². The number of nitrogen functional groups attached to an aromatic ring is 1. The summed E-state index contributed by atoms with van der Waals surface area (Å²) in [6.07, 6.45) is 4.13.